The van der Waals surface area contributed by atoms with E-state index in [9.17, 15) is 4.21 Å². The summed E-state index contributed by atoms with van der Waals surface area (Å²) in [5, 5.41) is 3.95. The molecule has 6 heteroatoms. The van der Waals surface area contributed by atoms with Crippen LogP contribution in [0.4, 0.5) is 0 Å². The van der Waals surface area contributed by atoms with E-state index < -0.39 is 10.8 Å². The summed E-state index contributed by atoms with van der Waals surface area (Å²) in [6.45, 7) is 2.00. The number of hydrogen-bond donors (Lipinski definition) is 0. The lowest BCUT2D eigenvalue weighted by Gasteiger charge is -2.08. The van der Waals surface area contributed by atoms with Gasteiger partial charge in [0, 0.05) is 22.4 Å². The van der Waals surface area contributed by atoms with Gasteiger partial charge in [-0.2, -0.15) is 0 Å². The predicted molar refractivity (Wildman–Crippen MR) is 87.5 cm³/mol. The van der Waals surface area contributed by atoms with Crippen LogP contribution < -0.4 is 4.74 Å². The molecule has 2 heterocycles. The highest BCUT2D eigenvalue weighted by Crippen LogP contribution is 2.24. The molecular formula is C17H17NO4S. The van der Waals surface area contributed by atoms with E-state index in [1.54, 1.807) is 31.6 Å². The highest BCUT2D eigenvalue weighted by molar-refractivity contribution is 7.83. The van der Waals surface area contributed by atoms with Gasteiger partial charge in [-0.25, -0.2) is 0 Å². The van der Waals surface area contributed by atoms with Gasteiger partial charge in [-0.1, -0.05) is 22.9 Å². The minimum absolute atomic E-state index is 0.321. The highest BCUT2D eigenvalue weighted by atomic mass is 32.2. The van der Waals surface area contributed by atoms with Crippen LogP contribution in [0.3, 0.4) is 0 Å². The summed E-state index contributed by atoms with van der Waals surface area (Å²) >= 11 is 0. The molecule has 2 aromatic heterocycles. The number of hydrogen-bond acceptors (Lipinski definition) is 5. The maximum atomic E-state index is 12.4. The van der Waals surface area contributed by atoms with E-state index in [0.29, 0.717) is 28.7 Å². The molecule has 0 aliphatic heterocycles. The third-order valence-corrected chi connectivity index (χ3v) is 4.63. The van der Waals surface area contributed by atoms with Gasteiger partial charge < -0.3 is 13.7 Å². The largest absolute Gasteiger partial charge is 0.496 e. The summed E-state index contributed by atoms with van der Waals surface area (Å²) in [6, 6.07) is 11.2. The molecule has 0 fully saturated rings. The van der Waals surface area contributed by atoms with E-state index >= 15 is 0 Å². The van der Waals surface area contributed by atoms with Crippen molar-refractivity contribution >= 4 is 10.8 Å². The van der Waals surface area contributed by atoms with Crippen LogP contribution in [0.1, 0.15) is 16.8 Å². The monoisotopic (exact) mass is 331 g/mol. The van der Waals surface area contributed by atoms with Gasteiger partial charge in [0.05, 0.1) is 30.6 Å². The van der Waals surface area contributed by atoms with Crippen LogP contribution in [0.5, 0.6) is 5.75 Å². The molecule has 120 valence electrons. The van der Waals surface area contributed by atoms with Gasteiger partial charge in [0.1, 0.15) is 5.75 Å². The molecule has 1 atom stereocenters. The molecule has 3 aromatic rings. The fraction of sp³-hybridized carbons (Fsp3) is 0.235. The normalized spacial score (nSPS) is 12.3. The Labute approximate surface area is 136 Å². The highest BCUT2D eigenvalue weighted by Gasteiger charge is 2.13. The van der Waals surface area contributed by atoms with Gasteiger partial charge in [0.2, 0.25) is 5.76 Å². The van der Waals surface area contributed by atoms with Crippen molar-refractivity contribution in [3.63, 3.8) is 0 Å². The molecule has 1 unspecified atom stereocenters. The Balaban J connectivity index is 1.69. The first-order valence-electron chi connectivity index (χ1n) is 7.13. The minimum Gasteiger partial charge on any atom is -0.496 e. The van der Waals surface area contributed by atoms with Crippen molar-refractivity contribution in [2.24, 2.45) is 0 Å². The van der Waals surface area contributed by atoms with E-state index in [4.69, 9.17) is 13.7 Å². The van der Waals surface area contributed by atoms with Crippen LogP contribution in [0.25, 0.3) is 11.5 Å². The van der Waals surface area contributed by atoms with Crippen LogP contribution in [0, 0.1) is 6.92 Å². The Morgan fingerprint density at radius 1 is 1.17 bits per heavy atom. The van der Waals surface area contributed by atoms with Gasteiger partial charge in [-0.15, -0.1) is 0 Å². The van der Waals surface area contributed by atoms with Crippen LogP contribution in [-0.4, -0.2) is 16.5 Å². The first-order valence-corrected chi connectivity index (χ1v) is 8.62. The average molecular weight is 331 g/mol. The lowest BCUT2D eigenvalue weighted by Crippen LogP contribution is -2.02. The zero-order chi connectivity index (χ0) is 16.2. The number of aryl methyl sites for hydroxylation is 1. The Morgan fingerprint density at radius 2 is 2.04 bits per heavy atom. The molecule has 0 N–H and O–H groups in total. The molecule has 1 aromatic carbocycles. The second-order valence-electron chi connectivity index (χ2n) is 5.20. The van der Waals surface area contributed by atoms with Crippen molar-refractivity contribution in [2.75, 3.05) is 7.11 Å². The molecular weight excluding hydrogens is 314 g/mol. The van der Waals surface area contributed by atoms with E-state index in [1.165, 1.54) is 0 Å². The molecule has 0 spiro atoms. The molecule has 0 radical (unpaired) electrons. The summed E-state index contributed by atoms with van der Waals surface area (Å²) in [7, 11) is 0.507. The first-order chi connectivity index (χ1) is 11.2. The second kappa shape index (κ2) is 6.83. The van der Waals surface area contributed by atoms with Crippen LogP contribution in [-0.2, 0) is 22.3 Å². The zero-order valence-corrected chi connectivity index (χ0v) is 13.8. The minimum atomic E-state index is -1.11. The maximum absolute atomic E-state index is 12.4. The lowest BCUT2D eigenvalue weighted by molar-refractivity contribution is 0.411. The summed E-state index contributed by atoms with van der Waals surface area (Å²) in [5.74, 6) is 2.63. The molecule has 0 aliphatic rings. The van der Waals surface area contributed by atoms with Crippen molar-refractivity contribution in [3.05, 3.63) is 59.5 Å². The van der Waals surface area contributed by atoms with Crippen molar-refractivity contribution in [3.8, 4) is 17.3 Å². The van der Waals surface area contributed by atoms with Crippen LogP contribution in [0.2, 0.25) is 0 Å². The van der Waals surface area contributed by atoms with E-state index in [2.05, 4.69) is 5.16 Å². The van der Waals surface area contributed by atoms with Gasteiger partial charge in [-0.3, -0.25) is 4.21 Å². The Hall–Kier alpha value is -2.34. The quantitative estimate of drug-likeness (QED) is 0.689. The Kier molecular flexibility index (Phi) is 4.62. The predicted octanol–water partition coefficient (Wildman–Crippen LogP) is 3.70. The van der Waals surface area contributed by atoms with E-state index in [0.717, 1.165) is 16.9 Å². The van der Waals surface area contributed by atoms with Crippen molar-refractivity contribution in [2.45, 2.75) is 18.4 Å². The number of rotatable bonds is 6. The molecule has 0 amide bonds. The first kappa shape index (κ1) is 15.6. The summed E-state index contributed by atoms with van der Waals surface area (Å²) < 4.78 is 28.2. The van der Waals surface area contributed by atoms with Gasteiger partial charge in [0.15, 0.2) is 5.76 Å². The standard InChI is InChI=1S/C17H17NO4S/c1-12-5-6-15(20-2)13(8-12)10-23(19)11-14-9-17(22-18-14)16-4-3-7-21-16/h3-9H,10-11H2,1-2H3. The number of aromatic nitrogens is 1. The van der Waals surface area contributed by atoms with Crippen LogP contribution >= 0.6 is 0 Å². The number of ether oxygens (including phenoxy) is 1. The van der Waals surface area contributed by atoms with E-state index in [-0.39, 0.29) is 0 Å². The summed E-state index contributed by atoms with van der Waals surface area (Å²) in [5.41, 5.74) is 2.68. The Bertz CT molecular complexity index is 808. The fourth-order valence-corrected chi connectivity index (χ4v) is 3.46. The second-order valence-corrected chi connectivity index (χ2v) is 6.66. The average Bonchev–Trinajstić information content (AvgIpc) is 3.18. The third-order valence-electron chi connectivity index (χ3n) is 3.38. The fourth-order valence-electron chi connectivity index (χ4n) is 2.32. The smallest absolute Gasteiger partial charge is 0.202 e. The molecule has 23 heavy (non-hydrogen) atoms. The summed E-state index contributed by atoms with van der Waals surface area (Å²) in [4.78, 5) is 0. The summed E-state index contributed by atoms with van der Waals surface area (Å²) in [6.07, 6.45) is 1.57. The van der Waals surface area contributed by atoms with Gasteiger partial charge >= 0.3 is 0 Å². The number of methoxy groups -OCH3 is 1. The number of benzene rings is 1. The lowest BCUT2D eigenvalue weighted by atomic mass is 10.1. The van der Waals surface area contributed by atoms with Crippen molar-refractivity contribution < 1.29 is 17.9 Å². The van der Waals surface area contributed by atoms with Crippen LogP contribution in [0.15, 0.2) is 51.6 Å². The van der Waals surface area contributed by atoms with Crippen molar-refractivity contribution in [1.29, 1.82) is 0 Å². The molecule has 3 rings (SSSR count). The van der Waals surface area contributed by atoms with E-state index in [1.807, 2.05) is 25.1 Å². The van der Waals surface area contributed by atoms with Crippen molar-refractivity contribution in [1.82, 2.24) is 5.16 Å². The number of nitrogens with zero attached hydrogens (tertiary/aromatic N) is 1. The molecule has 5 nitrogen and oxygen atoms in total. The topological polar surface area (TPSA) is 65.5 Å². The molecule has 0 saturated carbocycles. The molecule has 0 bridgehead atoms. The zero-order valence-electron chi connectivity index (χ0n) is 12.9. The van der Waals surface area contributed by atoms with Gasteiger partial charge in [0.25, 0.3) is 0 Å². The molecule has 0 saturated heterocycles. The SMILES string of the molecule is COc1ccc(C)cc1CS(=O)Cc1cc(-c2ccco2)on1. The number of furan rings is 1. The molecule has 0 aliphatic carbocycles. The Morgan fingerprint density at radius 3 is 2.78 bits per heavy atom. The maximum Gasteiger partial charge on any atom is 0.202 e. The van der Waals surface area contributed by atoms with Gasteiger partial charge in [-0.05, 0) is 25.1 Å². The third kappa shape index (κ3) is 3.71.